The average Bonchev–Trinajstić information content (AvgIpc) is 2.46. The summed E-state index contributed by atoms with van der Waals surface area (Å²) in [7, 11) is 0. The van der Waals surface area contributed by atoms with E-state index in [2.05, 4.69) is 57.2 Å². The summed E-state index contributed by atoms with van der Waals surface area (Å²) in [6.45, 7) is 4.22. The minimum atomic E-state index is 0.985. The van der Waals surface area contributed by atoms with Crippen molar-refractivity contribution >= 4 is 15.9 Å². The predicted molar refractivity (Wildman–Crippen MR) is 53.3 cm³/mol. The second-order valence-electron chi connectivity index (χ2n) is 2.92. The highest BCUT2D eigenvalue weighted by Gasteiger charge is 2.17. The molecule has 0 spiro atoms. The number of nitrogens with zero attached hydrogens (tertiary/aromatic N) is 2. The van der Waals surface area contributed by atoms with E-state index in [0.29, 0.717) is 0 Å². The molecule has 2 nitrogen and oxygen atoms in total. The molecule has 2 rings (SSSR count). The second-order valence-corrected chi connectivity index (χ2v) is 3.83. The van der Waals surface area contributed by atoms with Gasteiger partial charge in [0.2, 0.25) is 0 Å². The van der Waals surface area contributed by atoms with Crippen molar-refractivity contribution in [3.05, 3.63) is 34.7 Å². The van der Waals surface area contributed by atoms with Crippen LogP contribution in [0.25, 0.3) is 0 Å². The van der Waals surface area contributed by atoms with Crippen molar-refractivity contribution in [2.24, 2.45) is 0 Å². The zero-order valence-corrected chi connectivity index (χ0v) is 8.58. The van der Waals surface area contributed by atoms with Crippen molar-refractivity contribution in [1.29, 1.82) is 0 Å². The van der Waals surface area contributed by atoms with Crippen LogP contribution in [-0.2, 0) is 0 Å². The molecule has 0 radical (unpaired) electrons. The van der Waals surface area contributed by atoms with Gasteiger partial charge in [-0.25, -0.2) is 0 Å². The zero-order valence-electron chi connectivity index (χ0n) is 7.00. The predicted octanol–water partition coefficient (Wildman–Crippen LogP) is 2.23. The SMILES string of the molecule is CCN1C=C2C=C(Br)C=CN2C1. The standard InChI is InChI=1S/C9H11BrN2/c1-2-11-6-9-5-8(10)3-4-12(9)7-11/h3-6H,2,7H2,1H3. The molecular formula is C9H11BrN2. The van der Waals surface area contributed by atoms with Crippen LogP contribution in [0.15, 0.2) is 34.7 Å². The number of hydrogen-bond acceptors (Lipinski definition) is 2. The topological polar surface area (TPSA) is 6.48 Å². The summed E-state index contributed by atoms with van der Waals surface area (Å²) in [6, 6.07) is 0. The number of fused-ring (bicyclic) bond motifs is 1. The third-order valence-corrected chi connectivity index (χ3v) is 2.58. The van der Waals surface area contributed by atoms with E-state index in [4.69, 9.17) is 0 Å². The van der Waals surface area contributed by atoms with Gasteiger partial charge < -0.3 is 9.80 Å². The van der Waals surface area contributed by atoms with Gasteiger partial charge in [-0.05, 0) is 19.1 Å². The summed E-state index contributed by atoms with van der Waals surface area (Å²) in [4.78, 5) is 4.51. The number of rotatable bonds is 1. The third kappa shape index (κ3) is 1.29. The smallest absolute Gasteiger partial charge is 0.0941 e. The van der Waals surface area contributed by atoms with Gasteiger partial charge in [0.15, 0.2) is 0 Å². The lowest BCUT2D eigenvalue weighted by atomic mass is 10.3. The largest absolute Gasteiger partial charge is 0.358 e. The second kappa shape index (κ2) is 2.98. The molecular weight excluding hydrogens is 216 g/mol. The van der Waals surface area contributed by atoms with Crippen LogP contribution in [0.2, 0.25) is 0 Å². The zero-order chi connectivity index (χ0) is 8.55. The molecule has 0 atom stereocenters. The molecule has 0 unspecified atom stereocenters. The molecule has 2 aliphatic heterocycles. The van der Waals surface area contributed by atoms with Gasteiger partial charge in [-0.15, -0.1) is 0 Å². The fourth-order valence-corrected chi connectivity index (χ4v) is 1.73. The summed E-state index contributed by atoms with van der Waals surface area (Å²) >= 11 is 3.45. The Kier molecular flexibility index (Phi) is 1.97. The monoisotopic (exact) mass is 226 g/mol. The third-order valence-electron chi connectivity index (χ3n) is 2.09. The van der Waals surface area contributed by atoms with E-state index in [9.17, 15) is 0 Å². The van der Waals surface area contributed by atoms with Gasteiger partial charge in [-0.3, -0.25) is 0 Å². The molecule has 64 valence electrons. The lowest BCUT2D eigenvalue weighted by Crippen LogP contribution is -2.22. The van der Waals surface area contributed by atoms with Crippen molar-refractivity contribution in [3.8, 4) is 0 Å². The molecule has 0 amide bonds. The van der Waals surface area contributed by atoms with E-state index in [-0.39, 0.29) is 0 Å². The first kappa shape index (κ1) is 7.92. The summed E-state index contributed by atoms with van der Waals surface area (Å²) in [5, 5.41) is 0. The quantitative estimate of drug-likeness (QED) is 0.677. The molecule has 0 aromatic rings. The van der Waals surface area contributed by atoms with E-state index in [1.54, 1.807) is 0 Å². The molecule has 0 N–H and O–H groups in total. The van der Waals surface area contributed by atoms with Crippen LogP contribution in [0.1, 0.15) is 6.92 Å². The minimum Gasteiger partial charge on any atom is -0.358 e. The van der Waals surface area contributed by atoms with E-state index in [0.717, 1.165) is 17.7 Å². The van der Waals surface area contributed by atoms with Crippen molar-refractivity contribution in [2.45, 2.75) is 6.92 Å². The highest BCUT2D eigenvalue weighted by molar-refractivity contribution is 9.11. The summed E-state index contributed by atoms with van der Waals surface area (Å²) in [6.07, 6.45) is 8.49. The maximum Gasteiger partial charge on any atom is 0.0941 e. The Labute approximate surface area is 81.0 Å². The van der Waals surface area contributed by atoms with E-state index < -0.39 is 0 Å². The molecule has 0 bridgehead atoms. The Balaban J connectivity index is 2.22. The fourth-order valence-electron chi connectivity index (χ4n) is 1.37. The Morgan fingerprint density at radius 1 is 1.58 bits per heavy atom. The van der Waals surface area contributed by atoms with Gasteiger partial charge >= 0.3 is 0 Å². The van der Waals surface area contributed by atoms with E-state index >= 15 is 0 Å². The van der Waals surface area contributed by atoms with Gasteiger partial charge in [0.05, 0.1) is 12.4 Å². The van der Waals surface area contributed by atoms with Crippen molar-refractivity contribution in [1.82, 2.24) is 9.80 Å². The molecule has 0 aromatic carbocycles. The summed E-state index contributed by atoms with van der Waals surface area (Å²) in [5.74, 6) is 0. The first-order valence-corrected chi connectivity index (χ1v) is 4.87. The van der Waals surface area contributed by atoms with Crippen molar-refractivity contribution < 1.29 is 0 Å². The summed E-state index contributed by atoms with van der Waals surface area (Å²) < 4.78 is 1.14. The summed E-state index contributed by atoms with van der Waals surface area (Å²) in [5.41, 5.74) is 1.27. The van der Waals surface area contributed by atoms with Crippen LogP contribution >= 0.6 is 15.9 Å². The number of hydrogen-bond donors (Lipinski definition) is 0. The highest BCUT2D eigenvalue weighted by atomic mass is 79.9. The van der Waals surface area contributed by atoms with Crippen LogP contribution < -0.4 is 0 Å². The van der Waals surface area contributed by atoms with Crippen molar-refractivity contribution in [2.75, 3.05) is 13.2 Å². The molecule has 0 saturated heterocycles. The molecule has 3 heteroatoms. The van der Waals surface area contributed by atoms with Gasteiger partial charge in [0, 0.05) is 23.4 Å². The lowest BCUT2D eigenvalue weighted by Gasteiger charge is -2.20. The average molecular weight is 227 g/mol. The van der Waals surface area contributed by atoms with Crippen LogP contribution in [0.4, 0.5) is 0 Å². The lowest BCUT2D eigenvalue weighted by molar-refractivity contribution is 0.322. The normalized spacial score (nSPS) is 20.8. The molecule has 12 heavy (non-hydrogen) atoms. The molecule has 0 fully saturated rings. The number of allylic oxidation sites excluding steroid dienone is 3. The first-order valence-electron chi connectivity index (χ1n) is 4.07. The van der Waals surface area contributed by atoms with E-state index in [1.165, 1.54) is 5.70 Å². The Morgan fingerprint density at radius 3 is 3.17 bits per heavy atom. The molecule has 0 aliphatic carbocycles. The van der Waals surface area contributed by atoms with Gasteiger partial charge in [0.1, 0.15) is 0 Å². The van der Waals surface area contributed by atoms with Crippen LogP contribution in [0.5, 0.6) is 0 Å². The Morgan fingerprint density at radius 2 is 2.42 bits per heavy atom. The van der Waals surface area contributed by atoms with E-state index in [1.807, 2.05) is 0 Å². The maximum atomic E-state index is 3.45. The highest BCUT2D eigenvalue weighted by Crippen LogP contribution is 2.25. The van der Waals surface area contributed by atoms with Crippen LogP contribution in [0.3, 0.4) is 0 Å². The van der Waals surface area contributed by atoms with Gasteiger partial charge in [0.25, 0.3) is 0 Å². The van der Waals surface area contributed by atoms with Crippen LogP contribution in [-0.4, -0.2) is 23.0 Å². The Bertz CT molecular complexity index is 278. The molecule has 0 aromatic heterocycles. The maximum absolute atomic E-state index is 3.45. The van der Waals surface area contributed by atoms with Gasteiger partial charge in [-0.1, -0.05) is 15.9 Å². The fraction of sp³-hybridized carbons (Fsp3) is 0.333. The van der Waals surface area contributed by atoms with Crippen molar-refractivity contribution in [3.63, 3.8) is 0 Å². The van der Waals surface area contributed by atoms with Gasteiger partial charge in [-0.2, -0.15) is 0 Å². The molecule has 0 saturated carbocycles. The number of halogens is 1. The Hall–Kier alpha value is -0.700. The molecule has 2 heterocycles. The minimum absolute atomic E-state index is 0.985. The van der Waals surface area contributed by atoms with Crippen LogP contribution in [0, 0.1) is 0 Å². The first-order chi connectivity index (χ1) is 5.79. The molecule has 2 aliphatic rings.